The van der Waals surface area contributed by atoms with Gasteiger partial charge < -0.3 is 23.8 Å². The van der Waals surface area contributed by atoms with Crippen LogP contribution in [0.2, 0.25) is 0 Å². The number of carbonyl (C=O) groups excluding carboxylic acids is 2. The van der Waals surface area contributed by atoms with Gasteiger partial charge in [-0.2, -0.15) is 0 Å². The number of rotatable bonds is 6. The Balaban J connectivity index is 1.93. The second-order valence-corrected chi connectivity index (χ2v) is 9.50. The molecule has 2 aromatic rings. The molecule has 1 amide bonds. The third-order valence-corrected chi connectivity index (χ3v) is 5.62. The number of ether oxygens (including phenoxy) is 4. The molecule has 186 valence electrons. The maximum absolute atomic E-state index is 12.8. The van der Waals surface area contributed by atoms with Gasteiger partial charge in [-0.25, -0.2) is 14.6 Å². The van der Waals surface area contributed by atoms with Gasteiger partial charge in [0.1, 0.15) is 12.2 Å². The first-order chi connectivity index (χ1) is 16.1. The summed E-state index contributed by atoms with van der Waals surface area (Å²) < 4.78 is 21.3. The van der Waals surface area contributed by atoms with E-state index in [9.17, 15) is 9.59 Å². The van der Waals surface area contributed by atoms with Crippen LogP contribution in [0, 0.1) is 0 Å². The van der Waals surface area contributed by atoms with Gasteiger partial charge >= 0.3 is 12.1 Å². The number of hydrogen-bond acceptors (Lipinski definition) is 8. The summed E-state index contributed by atoms with van der Waals surface area (Å²) in [6, 6.07) is 7.18. The summed E-state index contributed by atoms with van der Waals surface area (Å²) in [5.41, 5.74) is 1.25. The fourth-order valence-electron chi connectivity index (χ4n) is 4.24. The molecule has 9 heteroatoms. The molecule has 1 aliphatic heterocycles. The molecule has 1 saturated heterocycles. The lowest BCUT2D eigenvalue weighted by Gasteiger charge is -2.45. The fraction of sp³-hybridized carbons (Fsp3) is 0.560. The monoisotopic (exact) mass is 473 g/mol. The molecule has 0 N–H and O–H groups in total. The van der Waals surface area contributed by atoms with Crippen molar-refractivity contribution < 1.29 is 28.5 Å². The van der Waals surface area contributed by atoms with Gasteiger partial charge in [0.15, 0.2) is 0 Å². The van der Waals surface area contributed by atoms with E-state index in [-0.39, 0.29) is 18.2 Å². The van der Waals surface area contributed by atoms with E-state index >= 15 is 0 Å². The molecule has 9 nitrogen and oxygen atoms in total. The van der Waals surface area contributed by atoms with Gasteiger partial charge in [-0.15, -0.1) is 0 Å². The van der Waals surface area contributed by atoms with Crippen molar-refractivity contribution in [3.8, 4) is 5.88 Å². The van der Waals surface area contributed by atoms with Crippen LogP contribution in [0.3, 0.4) is 0 Å². The smallest absolute Gasteiger partial charge is 0.410 e. The Labute approximate surface area is 200 Å². The quantitative estimate of drug-likeness (QED) is 0.461. The number of benzene rings is 1. The molecular weight excluding hydrogens is 438 g/mol. The minimum Gasteiger partial charge on any atom is -0.475 e. The van der Waals surface area contributed by atoms with Crippen LogP contribution in [0.1, 0.15) is 45.0 Å². The minimum absolute atomic E-state index is 0.0708. The molecule has 1 aromatic heterocycles. The van der Waals surface area contributed by atoms with E-state index < -0.39 is 11.6 Å². The van der Waals surface area contributed by atoms with E-state index in [1.165, 1.54) is 7.11 Å². The van der Waals surface area contributed by atoms with Crippen LogP contribution in [0.4, 0.5) is 10.5 Å². The summed E-state index contributed by atoms with van der Waals surface area (Å²) in [6.07, 6.45) is -0.308. The van der Waals surface area contributed by atoms with Gasteiger partial charge in [-0.3, -0.25) is 4.90 Å². The van der Waals surface area contributed by atoms with Crippen LogP contribution in [-0.2, 0) is 14.2 Å². The Bertz CT molecular complexity index is 1020. The molecule has 0 unspecified atom stereocenters. The Morgan fingerprint density at radius 3 is 2.29 bits per heavy atom. The molecule has 0 saturated carbocycles. The van der Waals surface area contributed by atoms with Crippen molar-refractivity contribution in [3.05, 3.63) is 29.8 Å². The number of pyridine rings is 1. The maximum atomic E-state index is 12.8. The number of nitrogens with zero attached hydrogens (tertiary/aromatic N) is 3. The van der Waals surface area contributed by atoms with Gasteiger partial charge in [-0.05, 0) is 52.8 Å². The molecule has 34 heavy (non-hydrogen) atoms. The van der Waals surface area contributed by atoms with Crippen molar-refractivity contribution in [3.63, 3.8) is 0 Å². The first-order valence-electron chi connectivity index (χ1n) is 11.5. The van der Waals surface area contributed by atoms with E-state index in [4.69, 9.17) is 18.9 Å². The summed E-state index contributed by atoms with van der Waals surface area (Å²) in [4.78, 5) is 33.8. The number of piperazine rings is 1. The molecule has 0 aliphatic carbocycles. The van der Waals surface area contributed by atoms with E-state index in [1.807, 2.05) is 46.8 Å². The molecule has 0 radical (unpaired) electrons. The van der Waals surface area contributed by atoms with Crippen LogP contribution < -0.4 is 9.64 Å². The highest BCUT2D eigenvalue weighted by Gasteiger charge is 2.36. The van der Waals surface area contributed by atoms with E-state index in [0.717, 1.165) is 11.1 Å². The maximum Gasteiger partial charge on any atom is 0.410 e. The summed E-state index contributed by atoms with van der Waals surface area (Å²) in [5.74, 6) is -0.0575. The van der Waals surface area contributed by atoms with E-state index in [0.29, 0.717) is 43.3 Å². The third-order valence-electron chi connectivity index (χ3n) is 5.62. The summed E-state index contributed by atoms with van der Waals surface area (Å²) in [5, 5.41) is 0.812. The van der Waals surface area contributed by atoms with Gasteiger partial charge in [0.25, 0.3) is 0 Å². The normalized spacial score (nSPS) is 18.7. The molecule has 0 bridgehead atoms. The van der Waals surface area contributed by atoms with Crippen LogP contribution in [-0.4, -0.2) is 80.2 Å². The zero-order valence-electron chi connectivity index (χ0n) is 21.1. The standard InChI is InChI=1S/C25H35N3O6/c1-16-14-27(15-17(2)28(16)24(30)34-25(3,4)5)20-10-8-19(23(29)32-7)22-18(20)9-11-21(26-22)33-13-12-31-6/h8-11,16-17H,12-15H2,1-7H3/t16-,17-/m0/s1. The van der Waals surface area contributed by atoms with Crippen molar-refractivity contribution in [2.75, 3.05) is 45.4 Å². The van der Waals surface area contributed by atoms with Crippen LogP contribution in [0.5, 0.6) is 5.88 Å². The number of methoxy groups -OCH3 is 2. The van der Waals surface area contributed by atoms with Crippen LogP contribution in [0.25, 0.3) is 10.9 Å². The van der Waals surface area contributed by atoms with E-state index in [1.54, 1.807) is 24.1 Å². The predicted molar refractivity (Wildman–Crippen MR) is 130 cm³/mol. The number of carbonyl (C=O) groups is 2. The topological polar surface area (TPSA) is 90.4 Å². The Hall–Kier alpha value is -3.07. The molecule has 1 aliphatic rings. The highest BCUT2D eigenvalue weighted by molar-refractivity contribution is 6.07. The van der Waals surface area contributed by atoms with Gasteiger partial charge in [0.05, 0.1) is 36.9 Å². The van der Waals surface area contributed by atoms with Gasteiger partial charge in [0, 0.05) is 37.3 Å². The third kappa shape index (κ3) is 5.70. The van der Waals surface area contributed by atoms with Crippen molar-refractivity contribution in [2.45, 2.75) is 52.3 Å². The Morgan fingerprint density at radius 2 is 1.71 bits per heavy atom. The van der Waals surface area contributed by atoms with Gasteiger partial charge in [0.2, 0.25) is 5.88 Å². The highest BCUT2D eigenvalue weighted by atomic mass is 16.6. The lowest BCUT2D eigenvalue weighted by molar-refractivity contribution is 0.00566. The molecule has 1 fully saturated rings. The number of fused-ring (bicyclic) bond motifs is 1. The SMILES string of the molecule is COCCOc1ccc2c(N3C[C@H](C)N(C(=O)OC(C)(C)C)[C@@H](C)C3)ccc(C(=O)OC)c2n1. The average molecular weight is 474 g/mol. The number of anilines is 1. The molecular formula is C25H35N3O6. The van der Waals surface area contributed by atoms with Crippen molar-refractivity contribution in [2.24, 2.45) is 0 Å². The lowest BCUT2D eigenvalue weighted by atomic mass is 10.0. The number of aromatic nitrogens is 1. The first-order valence-corrected chi connectivity index (χ1v) is 11.5. The number of amides is 1. The predicted octanol–water partition coefficient (Wildman–Crippen LogP) is 3.88. The van der Waals surface area contributed by atoms with Crippen molar-refractivity contribution in [1.82, 2.24) is 9.88 Å². The number of hydrogen-bond donors (Lipinski definition) is 0. The zero-order valence-corrected chi connectivity index (χ0v) is 21.1. The first kappa shape index (κ1) is 25.6. The van der Waals surface area contributed by atoms with Crippen LogP contribution >= 0.6 is 0 Å². The molecule has 3 rings (SSSR count). The minimum atomic E-state index is -0.553. The Morgan fingerprint density at radius 1 is 1.03 bits per heavy atom. The van der Waals surface area contributed by atoms with Crippen LogP contribution in [0.15, 0.2) is 24.3 Å². The highest BCUT2D eigenvalue weighted by Crippen LogP contribution is 2.33. The summed E-state index contributed by atoms with van der Waals surface area (Å²) >= 11 is 0. The fourth-order valence-corrected chi connectivity index (χ4v) is 4.24. The number of esters is 1. The van der Waals surface area contributed by atoms with Crippen molar-refractivity contribution in [1.29, 1.82) is 0 Å². The van der Waals surface area contributed by atoms with Crippen molar-refractivity contribution >= 4 is 28.7 Å². The summed E-state index contributed by atoms with van der Waals surface area (Å²) in [6.45, 7) is 11.6. The van der Waals surface area contributed by atoms with Gasteiger partial charge in [-0.1, -0.05) is 0 Å². The van der Waals surface area contributed by atoms with E-state index in [2.05, 4.69) is 9.88 Å². The lowest BCUT2D eigenvalue weighted by Crippen LogP contribution is -2.59. The molecule has 0 spiro atoms. The second kappa shape index (κ2) is 10.5. The Kier molecular flexibility index (Phi) is 7.86. The average Bonchev–Trinajstić information content (AvgIpc) is 2.76. The molecule has 1 aromatic carbocycles. The summed E-state index contributed by atoms with van der Waals surface area (Å²) in [7, 11) is 2.95. The second-order valence-electron chi connectivity index (χ2n) is 9.50. The molecule has 2 heterocycles. The molecule has 2 atom stereocenters. The zero-order chi connectivity index (χ0) is 25.0. The largest absolute Gasteiger partial charge is 0.475 e.